The summed E-state index contributed by atoms with van der Waals surface area (Å²) in [6.07, 6.45) is 4.17. The molecule has 0 radical (unpaired) electrons. The van der Waals surface area contributed by atoms with Crippen LogP contribution in [0.4, 0.5) is 8.78 Å². The summed E-state index contributed by atoms with van der Waals surface area (Å²) in [5.74, 6) is -2.80. The SMILES string of the molecule is CN=C(C)/C(=C(\N)OC(C)=O)C1CC(Oc2c(-c3ccc4ncc(CNC)n4c3)ccc(F)c2F)C1. The summed E-state index contributed by atoms with van der Waals surface area (Å²) in [5, 5.41) is 3.09. The van der Waals surface area contributed by atoms with Gasteiger partial charge in [-0.15, -0.1) is 0 Å². The third-order valence-corrected chi connectivity index (χ3v) is 6.33. The highest BCUT2D eigenvalue weighted by Gasteiger charge is 2.37. The maximum absolute atomic E-state index is 15.0. The molecule has 10 heteroatoms. The Morgan fingerprint density at radius 1 is 1.25 bits per heavy atom. The van der Waals surface area contributed by atoms with Crippen molar-refractivity contribution in [2.45, 2.75) is 39.3 Å². The zero-order valence-electron chi connectivity index (χ0n) is 20.6. The number of fused-ring (bicyclic) bond motifs is 1. The van der Waals surface area contributed by atoms with Gasteiger partial charge in [-0.25, -0.2) is 9.37 Å². The molecule has 0 bridgehead atoms. The van der Waals surface area contributed by atoms with Gasteiger partial charge in [-0.2, -0.15) is 4.39 Å². The van der Waals surface area contributed by atoms with Crippen LogP contribution in [0.2, 0.25) is 0 Å². The molecule has 1 fully saturated rings. The molecule has 1 saturated carbocycles. The van der Waals surface area contributed by atoms with Crippen LogP contribution in [-0.2, 0) is 16.1 Å². The van der Waals surface area contributed by atoms with Gasteiger partial charge < -0.3 is 24.9 Å². The number of pyridine rings is 1. The van der Waals surface area contributed by atoms with Crippen LogP contribution in [0.15, 0.2) is 53.1 Å². The molecule has 1 aromatic carbocycles. The van der Waals surface area contributed by atoms with E-state index in [-0.39, 0.29) is 23.7 Å². The lowest BCUT2D eigenvalue weighted by atomic mass is 9.75. The number of hydrogen-bond donors (Lipinski definition) is 2. The summed E-state index contributed by atoms with van der Waals surface area (Å²) in [6.45, 7) is 3.65. The highest BCUT2D eigenvalue weighted by molar-refractivity contribution is 5.99. The topological polar surface area (TPSA) is 103 Å². The third-order valence-electron chi connectivity index (χ3n) is 6.33. The van der Waals surface area contributed by atoms with Crippen LogP contribution in [0, 0.1) is 17.6 Å². The number of imidazole rings is 1. The maximum atomic E-state index is 15.0. The van der Waals surface area contributed by atoms with E-state index in [4.69, 9.17) is 15.2 Å². The smallest absolute Gasteiger partial charge is 0.309 e. The molecule has 0 atom stereocenters. The van der Waals surface area contributed by atoms with Crippen molar-refractivity contribution in [1.29, 1.82) is 0 Å². The van der Waals surface area contributed by atoms with Crippen molar-refractivity contribution in [1.82, 2.24) is 14.7 Å². The second kappa shape index (κ2) is 10.4. The van der Waals surface area contributed by atoms with Crippen molar-refractivity contribution in [3.05, 3.63) is 65.4 Å². The van der Waals surface area contributed by atoms with Crippen molar-refractivity contribution < 1.29 is 23.0 Å². The van der Waals surface area contributed by atoms with Crippen LogP contribution >= 0.6 is 0 Å². The molecule has 1 aliphatic rings. The van der Waals surface area contributed by atoms with Gasteiger partial charge in [0.1, 0.15) is 11.8 Å². The number of aromatic nitrogens is 2. The lowest BCUT2D eigenvalue weighted by Crippen LogP contribution is -2.38. The van der Waals surface area contributed by atoms with Gasteiger partial charge in [0.2, 0.25) is 5.82 Å². The number of carbonyl (C=O) groups excluding carboxylic acids is 1. The summed E-state index contributed by atoms with van der Waals surface area (Å²) in [6, 6.07) is 6.23. The van der Waals surface area contributed by atoms with Gasteiger partial charge in [0.25, 0.3) is 0 Å². The van der Waals surface area contributed by atoms with Gasteiger partial charge in [0.15, 0.2) is 17.4 Å². The van der Waals surface area contributed by atoms with Crippen molar-refractivity contribution in [2.24, 2.45) is 16.6 Å². The summed E-state index contributed by atoms with van der Waals surface area (Å²) in [5.41, 5.74) is 10.0. The lowest BCUT2D eigenvalue weighted by molar-refractivity contribution is -0.137. The predicted molar refractivity (Wildman–Crippen MR) is 132 cm³/mol. The molecule has 1 aliphatic carbocycles. The van der Waals surface area contributed by atoms with Gasteiger partial charge in [-0.05, 0) is 57.0 Å². The molecular formula is C26H29F2N5O3. The molecule has 0 aliphatic heterocycles. The van der Waals surface area contributed by atoms with E-state index >= 15 is 0 Å². The fraction of sp³-hybridized carbons (Fsp3) is 0.346. The Kier molecular flexibility index (Phi) is 7.35. The van der Waals surface area contributed by atoms with Crippen molar-refractivity contribution in [3.8, 4) is 16.9 Å². The summed E-state index contributed by atoms with van der Waals surface area (Å²) in [4.78, 5) is 19.9. The minimum absolute atomic E-state index is 0.00215. The number of ether oxygens (including phenoxy) is 2. The molecule has 8 nitrogen and oxygen atoms in total. The number of nitrogens with two attached hydrogens (primary N) is 1. The number of benzene rings is 1. The Hall–Kier alpha value is -3.79. The van der Waals surface area contributed by atoms with Crippen LogP contribution in [-0.4, -0.2) is 41.3 Å². The Labute approximate surface area is 207 Å². The number of allylic oxidation sites excluding steroid dienone is 1. The molecule has 2 aromatic heterocycles. The van der Waals surface area contributed by atoms with Crippen LogP contribution < -0.4 is 15.8 Å². The monoisotopic (exact) mass is 497 g/mol. The molecule has 36 heavy (non-hydrogen) atoms. The number of halogens is 2. The van der Waals surface area contributed by atoms with Crippen molar-refractivity contribution in [2.75, 3.05) is 14.1 Å². The minimum Gasteiger partial charge on any atom is -0.487 e. The summed E-state index contributed by atoms with van der Waals surface area (Å²) in [7, 11) is 3.46. The summed E-state index contributed by atoms with van der Waals surface area (Å²) >= 11 is 0. The summed E-state index contributed by atoms with van der Waals surface area (Å²) < 4.78 is 42.2. The van der Waals surface area contributed by atoms with E-state index in [9.17, 15) is 13.6 Å². The largest absolute Gasteiger partial charge is 0.487 e. The van der Waals surface area contributed by atoms with Crippen LogP contribution in [0.5, 0.6) is 5.75 Å². The Bertz CT molecular complexity index is 1360. The van der Waals surface area contributed by atoms with E-state index in [0.717, 1.165) is 17.4 Å². The first-order chi connectivity index (χ1) is 17.2. The van der Waals surface area contributed by atoms with E-state index in [2.05, 4.69) is 15.3 Å². The van der Waals surface area contributed by atoms with E-state index in [1.807, 2.05) is 23.7 Å². The van der Waals surface area contributed by atoms with Gasteiger partial charge in [0.05, 0.1) is 11.9 Å². The number of aliphatic imine (C=N–C) groups is 1. The molecule has 4 rings (SSSR count). The average molecular weight is 498 g/mol. The zero-order valence-corrected chi connectivity index (χ0v) is 20.6. The van der Waals surface area contributed by atoms with E-state index in [0.29, 0.717) is 41.8 Å². The lowest BCUT2D eigenvalue weighted by Gasteiger charge is -2.37. The quantitative estimate of drug-likeness (QED) is 0.277. The van der Waals surface area contributed by atoms with Gasteiger partial charge in [0, 0.05) is 49.1 Å². The predicted octanol–water partition coefficient (Wildman–Crippen LogP) is 3.98. The normalized spacial score (nSPS) is 18.6. The Morgan fingerprint density at radius 3 is 2.67 bits per heavy atom. The highest BCUT2D eigenvalue weighted by atomic mass is 19.2. The second-order valence-corrected chi connectivity index (χ2v) is 8.75. The van der Waals surface area contributed by atoms with Crippen molar-refractivity contribution in [3.63, 3.8) is 0 Å². The number of hydrogen-bond acceptors (Lipinski definition) is 7. The van der Waals surface area contributed by atoms with Gasteiger partial charge in [-0.3, -0.25) is 9.79 Å². The first kappa shape index (κ1) is 25.3. The average Bonchev–Trinajstić information content (AvgIpc) is 3.22. The van der Waals surface area contributed by atoms with Gasteiger partial charge >= 0.3 is 5.97 Å². The Balaban J connectivity index is 1.62. The van der Waals surface area contributed by atoms with Crippen LogP contribution in [0.25, 0.3) is 16.8 Å². The van der Waals surface area contributed by atoms with E-state index in [1.54, 1.807) is 26.2 Å². The minimum atomic E-state index is -1.04. The number of nitrogens with one attached hydrogen (secondary N) is 1. The molecule has 3 aromatic rings. The first-order valence-corrected chi connectivity index (χ1v) is 11.6. The Morgan fingerprint density at radius 2 is 2.00 bits per heavy atom. The van der Waals surface area contributed by atoms with Gasteiger partial charge in [-0.1, -0.05) is 0 Å². The molecule has 0 saturated heterocycles. The molecule has 190 valence electrons. The highest BCUT2D eigenvalue weighted by Crippen LogP contribution is 2.41. The first-order valence-electron chi connectivity index (χ1n) is 11.6. The second-order valence-electron chi connectivity index (χ2n) is 8.75. The molecule has 0 spiro atoms. The number of nitrogens with zero attached hydrogens (tertiary/aromatic N) is 3. The zero-order chi connectivity index (χ0) is 26.0. The molecule has 2 heterocycles. The molecule has 3 N–H and O–H groups in total. The van der Waals surface area contributed by atoms with E-state index in [1.165, 1.54) is 13.0 Å². The number of esters is 1. The van der Waals surface area contributed by atoms with Crippen LogP contribution in [0.1, 0.15) is 32.4 Å². The third kappa shape index (κ3) is 4.94. The molecular weight excluding hydrogens is 468 g/mol. The number of rotatable bonds is 8. The molecule has 0 unspecified atom stereocenters. The van der Waals surface area contributed by atoms with Crippen molar-refractivity contribution >= 4 is 17.3 Å². The fourth-order valence-electron chi connectivity index (χ4n) is 4.45. The number of carbonyl (C=O) groups is 1. The van der Waals surface area contributed by atoms with Crippen LogP contribution in [0.3, 0.4) is 0 Å². The van der Waals surface area contributed by atoms with E-state index < -0.39 is 17.6 Å². The maximum Gasteiger partial charge on any atom is 0.309 e. The molecule has 0 amide bonds. The fourth-order valence-corrected chi connectivity index (χ4v) is 4.45. The standard InChI is InChI=1S/C26H29F2N5O3/c1-14(31-4)23(26(29)35-15(2)34)17-9-19(10-17)36-25-20(6-7-21(27)24(25)28)16-5-8-22-32-12-18(11-30-3)33(22)13-16/h5-8,12-13,17,19,30H,9-11,29H2,1-4H3/b26-23-,31-14?.